The first kappa shape index (κ1) is 20.5. The molecule has 4 rings (SSSR count). The molecule has 4 aromatic rings. The first-order valence-electron chi connectivity index (χ1n) is 9.43. The van der Waals surface area contributed by atoms with Gasteiger partial charge < -0.3 is 14.6 Å². The highest BCUT2D eigenvalue weighted by Crippen LogP contribution is 2.26. The molecule has 0 bridgehead atoms. The zero-order valence-corrected chi connectivity index (χ0v) is 17.9. The molecule has 0 saturated carbocycles. The maximum atomic E-state index is 12.1. The van der Waals surface area contributed by atoms with E-state index in [2.05, 4.69) is 25.5 Å². The molecule has 156 valence electrons. The van der Waals surface area contributed by atoms with Crippen molar-refractivity contribution in [2.24, 2.45) is 0 Å². The van der Waals surface area contributed by atoms with Gasteiger partial charge in [-0.05, 0) is 43.3 Å². The van der Waals surface area contributed by atoms with Gasteiger partial charge >= 0.3 is 6.01 Å². The average molecular weight is 435 g/mol. The molecular weight excluding hydrogens is 416 g/mol. The van der Waals surface area contributed by atoms with E-state index in [0.29, 0.717) is 27.7 Å². The second-order valence-corrected chi connectivity index (χ2v) is 7.45. The zero-order valence-electron chi connectivity index (χ0n) is 17.1. The van der Waals surface area contributed by atoms with E-state index in [9.17, 15) is 4.79 Å². The normalized spacial score (nSPS) is 10.7. The second kappa shape index (κ2) is 8.53. The Morgan fingerprint density at radius 1 is 1.03 bits per heavy atom. The fourth-order valence-electron chi connectivity index (χ4n) is 2.86. The molecule has 8 nitrogen and oxygen atoms in total. The molecule has 0 atom stereocenters. The van der Waals surface area contributed by atoms with Crippen molar-refractivity contribution in [3.63, 3.8) is 0 Å². The maximum Gasteiger partial charge on any atom is 0.320 e. The van der Waals surface area contributed by atoms with E-state index in [1.54, 1.807) is 44.6 Å². The quantitative estimate of drug-likeness (QED) is 0.490. The summed E-state index contributed by atoms with van der Waals surface area (Å²) in [4.78, 5) is 22.7. The summed E-state index contributed by atoms with van der Waals surface area (Å²) in [6.45, 7) is 1.82. The van der Waals surface area contributed by atoms with Crippen LogP contribution in [0.2, 0.25) is 5.02 Å². The number of nitrogens with one attached hydrogen (secondary N) is 1. The smallest absolute Gasteiger partial charge is 0.320 e. The molecule has 1 amide bonds. The molecule has 2 aromatic heterocycles. The topological polar surface area (TPSA) is 97.0 Å². The fraction of sp³-hybridized carbons (Fsp3) is 0.136. The van der Waals surface area contributed by atoms with Gasteiger partial charge in [0.15, 0.2) is 0 Å². The monoisotopic (exact) mass is 434 g/mol. The molecule has 0 aliphatic rings. The molecule has 0 unspecified atom stereocenters. The minimum absolute atomic E-state index is 0.0613. The lowest BCUT2D eigenvalue weighted by Gasteiger charge is -2.10. The van der Waals surface area contributed by atoms with Crippen LogP contribution in [0.5, 0.6) is 0 Å². The van der Waals surface area contributed by atoms with E-state index >= 15 is 0 Å². The van der Waals surface area contributed by atoms with Gasteiger partial charge in [0.2, 0.25) is 0 Å². The Hall–Kier alpha value is -3.78. The number of amides is 1. The van der Waals surface area contributed by atoms with Crippen LogP contribution >= 0.6 is 11.6 Å². The van der Waals surface area contributed by atoms with Gasteiger partial charge in [0.25, 0.3) is 11.8 Å². The lowest BCUT2D eigenvalue weighted by Crippen LogP contribution is -2.21. The van der Waals surface area contributed by atoms with Gasteiger partial charge in [-0.3, -0.25) is 9.78 Å². The molecule has 1 N–H and O–H groups in total. The minimum atomic E-state index is -0.0613. The van der Waals surface area contributed by atoms with E-state index < -0.39 is 0 Å². The number of benzene rings is 2. The van der Waals surface area contributed by atoms with Gasteiger partial charge in [0.05, 0.1) is 17.6 Å². The van der Waals surface area contributed by atoms with Crippen molar-refractivity contribution >= 4 is 29.2 Å². The van der Waals surface area contributed by atoms with Crippen molar-refractivity contribution in [1.29, 1.82) is 0 Å². The van der Waals surface area contributed by atoms with E-state index in [1.165, 1.54) is 4.90 Å². The van der Waals surface area contributed by atoms with E-state index in [1.807, 2.05) is 31.2 Å². The highest BCUT2D eigenvalue weighted by atomic mass is 35.5. The number of hydrogen-bond donors (Lipinski definition) is 1. The Morgan fingerprint density at radius 3 is 2.42 bits per heavy atom. The molecule has 0 radical (unpaired) electrons. The third-order valence-corrected chi connectivity index (χ3v) is 4.76. The molecule has 2 aromatic carbocycles. The predicted molar refractivity (Wildman–Crippen MR) is 118 cm³/mol. The van der Waals surface area contributed by atoms with Gasteiger partial charge in [-0.1, -0.05) is 28.8 Å². The van der Waals surface area contributed by atoms with Crippen molar-refractivity contribution in [2.45, 2.75) is 6.92 Å². The van der Waals surface area contributed by atoms with Crippen LogP contribution < -0.4 is 5.32 Å². The van der Waals surface area contributed by atoms with E-state index in [-0.39, 0.29) is 17.8 Å². The first-order valence-corrected chi connectivity index (χ1v) is 9.80. The van der Waals surface area contributed by atoms with Crippen LogP contribution in [-0.2, 0) is 0 Å². The molecule has 0 fully saturated rings. The largest absolute Gasteiger partial charge is 0.401 e. The van der Waals surface area contributed by atoms with E-state index in [0.717, 1.165) is 11.3 Å². The number of hydrogen-bond acceptors (Lipinski definition) is 7. The molecule has 9 heteroatoms. The highest BCUT2D eigenvalue weighted by molar-refractivity contribution is 6.30. The summed E-state index contributed by atoms with van der Waals surface area (Å²) in [5.41, 5.74) is 3.97. The van der Waals surface area contributed by atoms with Crippen molar-refractivity contribution in [2.75, 3.05) is 19.4 Å². The highest BCUT2D eigenvalue weighted by Gasteiger charge is 2.16. The van der Waals surface area contributed by atoms with Crippen molar-refractivity contribution in [3.8, 4) is 22.8 Å². The van der Waals surface area contributed by atoms with Crippen molar-refractivity contribution < 1.29 is 9.21 Å². The molecular formula is C22H19ClN6O2. The third-order valence-electron chi connectivity index (χ3n) is 4.51. The second-order valence-electron chi connectivity index (χ2n) is 7.01. The summed E-state index contributed by atoms with van der Waals surface area (Å²) >= 11 is 5.91. The Labute approximate surface area is 183 Å². The van der Waals surface area contributed by atoms with Gasteiger partial charge in [0, 0.05) is 35.9 Å². The van der Waals surface area contributed by atoms with Crippen molar-refractivity contribution in [3.05, 3.63) is 71.0 Å². The minimum Gasteiger partial charge on any atom is -0.401 e. The third kappa shape index (κ3) is 4.54. The van der Waals surface area contributed by atoms with Gasteiger partial charge in [-0.15, -0.1) is 5.10 Å². The van der Waals surface area contributed by atoms with Crippen LogP contribution in [0, 0.1) is 6.92 Å². The Kier molecular flexibility index (Phi) is 5.64. The lowest BCUT2D eigenvalue weighted by molar-refractivity contribution is 0.0827. The van der Waals surface area contributed by atoms with Crippen LogP contribution in [0.25, 0.3) is 22.8 Å². The van der Waals surface area contributed by atoms with Crippen LogP contribution in [0.15, 0.2) is 59.1 Å². The van der Waals surface area contributed by atoms with Gasteiger partial charge in [-0.2, -0.15) is 0 Å². The van der Waals surface area contributed by atoms with Crippen LogP contribution in [0.4, 0.5) is 11.7 Å². The van der Waals surface area contributed by atoms with Crippen LogP contribution in [0.1, 0.15) is 16.1 Å². The number of aromatic nitrogens is 4. The summed E-state index contributed by atoms with van der Waals surface area (Å²) in [6.07, 6.45) is 1.67. The molecule has 0 spiro atoms. The number of rotatable bonds is 5. The summed E-state index contributed by atoms with van der Waals surface area (Å²) in [6, 6.07) is 14.6. The van der Waals surface area contributed by atoms with Crippen LogP contribution in [0.3, 0.4) is 0 Å². The molecule has 31 heavy (non-hydrogen) atoms. The number of aryl methyl sites for hydroxylation is 1. The Morgan fingerprint density at radius 2 is 1.74 bits per heavy atom. The maximum absolute atomic E-state index is 12.1. The standard InChI is InChI=1S/C22H19ClN6O2/c1-13-19(20-27-28-22(31-20)25-17-10-8-16(23)9-11-17)26-18(12-24-13)14-4-6-15(7-5-14)21(30)29(2)3/h4-12H,1-3H3,(H,25,28). The number of anilines is 2. The van der Waals surface area contributed by atoms with Gasteiger partial charge in [0.1, 0.15) is 5.69 Å². The zero-order chi connectivity index (χ0) is 22.0. The molecule has 2 heterocycles. The summed E-state index contributed by atoms with van der Waals surface area (Å²) < 4.78 is 5.73. The predicted octanol–water partition coefficient (Wildman–Crippen LogP) is 4.60. The lowest BCUT2D eigenvalue weighted by atomic mass is 10.1. The first-order chi connectivity index (χ1) is 14.9. The molecule has 0 saturated heterocycles. The van der Waals surface area contributed by atoms with Crippen molar-refractivity contribution in [1.82, 2.24) is 25.1 Å². The summed E-state index contributed by atoms with van der Waals surface area (Å²) in [5.74, 6) is 0.191. The number of carbonyl (C=O) groups excluding carboxylic acids is 1. The summed E-state index contributed by atoms with van der Waals surface area (Å²) in [5, 5.41) is 11.8. The average Bonchev–Trinajstić information content (AvgIpc) is 3.23. The van der Waals surface area contributed by atoms with Crippen LogP contribution in [-0.4, -0.2) is 45.1 Å². The van der Waals surface area contributed by atoms with E-state index in [4.69, 9.17) is 16.0 Å². The number of nitrogens with zero attached hydrogens (tertiary/aromatic N) is 5. The van der Waals surface area contributed by atoms with Gasteiger partial charge in [-0.25, -0.2) is 4.98 Å². The molecule has 0 aliphatic heterocycles. The Balaban J connectivity index is 1.59. The Bertz CT molecular complexity index is 1220. The summed E-state index contributed by atoms with van der Waals surface area (Å²) in [7, 11) is 3.43. The molecule has 0 aliphatic carbocycles. The fourth-order valence-corrected chi connectivity index (χ4v) is 2.98. The number of halogens is 1. The SMILES string of the molecule is Cc1ncc(-c2ccc(C(=O)N(C)C)cc2)nc1-c1nnc(Nc2ccc(Cl)cc2)o1. The number of carbonyl (C=O) groups is 1.